The van der Waals surface area contributed by atoms with E-state index in [2.05, 4.69) is 28.0 Å². The maximum Gasteiger partial charge on any atom is 0.0847 e. The van der Waals surface area contributed by atoms with Crippen molar-refractivity contribution in [2.75, 3.05) is 5.33 Å². The molecule has 0 saturated heterocycles. The summed E-state index contributed by atoms with van der Waals surface area (Å²) in [5.74, 6) is 0.846. The van der Waals surface area contributed by atoms with Crippen LogP contribution in [0.1, 0.15) is 31.2 Å². The van der Waals surface area contributed by atoms with Crippen molar-refractivity contribution in [3.05, 3.63) is 16.4 Å². The third kappa shape index (κ3) is 2.17. The van der Waals surface area contributed by atoms with Crippen LogP contribution in [0.15, 0.2) is 0 Å². The van der Waals surface area contributed by atoms with E-state index in [0.29, 0.717) is 5.41 Å². The summed E-state index contributed by atoms with van der Waals surface area (Å²) >= 11 is 9.96. The van der Waals surface area contributed by atoms with Gasteiger partial charge >= 0.3 is 0 Å². The molecular weight excluding hydrogens is 288 g/mol. The molecule has 16 heavy (non-hydrogen) atoms. The molecule has 1 aromatic heterocycles. The van der Waals surface area contributed by atoms with Gasteiger partial charge in [-0.25, -0.2) is 0 Å². The quantitative estimate of drug-likeness (QED) is 0.775. The fourth-order valence-corrected chi connectivity index (χ4v) is 3.22. The van der Waals surface area contributed by atoms with Gasteiger partial charge in [-0.2, -0.15) is 5.10 Å². The van der Waals surface area contributed by atoms with Crippen LogP contribution < -0.4 is 0 Å². The van der Waals surface area contributed by atoms with Gasteiger partial charge in [0, 0.05) is 12.4 Å². The van der Waals surface area contributed by atoms with Crippen LogP contribution in [0.3, 0.4) is 0 Å². The van der Waals surface area contributed by atoms with Gasteiger partial charge in [0.15, 0.2) is 0 Å². The number of aryl methyl sites for hydroxylation is 2. The third-order valence-electron chi connectivity index (χ3n) is 3.70. The van der Waals surface area contributed by atoms with Crippen LogP contribution in [-0.2, 0) is 13.5 Å². The molecule has 0 bridgehead atoms. The zero-order valence-corrected chi connectivity index (χ0v) is 12.4. The minimum Gasteiger partial charge on any atom is -0.271 e. The molecule has 4 heteroatoms. The third-order valence-corrected chi connectivity index (χ3v) is 5.47. The van der Waals surface area contributed by atoms with Crippen molar-refractivity contribution in [2.45, 2.75) is 33.1 Å². The molecule has 2 rings (SSSR count). The van der Waals surface area contributed by atoms with Crippen LogP contribution in [0.25, 0.3) is 0 Å². The van der Waals surface area contributed by atoms with Crippen LogP contribution in [0.5, 0.6) is 0 Å². The fraction of sp³-hybridized carbons (Fsp3) is 0.750. The Hall–Kier alpha value is -0.0200. The van der Waals surface area contributed by atoms with Crippen LogP contribution in [0.2, 0.25) is 5.02 Å². The van der Waals surface area contributed by atoms with Crippen molar-refractivity contribution >= 4 is 27.5 Å². The van der Waals surface area contributed by atoms with E-state index in [4.69, 9.17) is 11.6 Å². The molecule has 0 aromatic carbocycles. The summed E-state index contributed by atoms with van der Waals surface area (Å²) < 4.78 is 1.93. The van der Waals surface area contributed by atoms with E-state index in [1.165, 1.54) is 18.5 Å². The van der Waals surface area contributed by atoms with Crippen molar-refractivity contribution < 1.29 is 0 Å². The second-order valence-corrected chi connectivity index (χ2v) is 6.15. The molecule has 1 aliphatic rings. The minimum atomic E-state index is 0.323. The highest BCUT2D eigenvalue weighted by Gasteiger charge is 2.41. The number of hydrogen-bond acceptors (Lipinski definition) is 1. The van der Waals surface area contributed by atoms with Gasteiger partial charge in [0.25, 0.3) is 0 Å². The maximum atomic E-state index is 6.30. The Morgan fingerprint density at radius 3 is 2.56 bits per heavy atom. The molecule has 90 valence electrons. The van der Waals surface area contributed by atoms with Gasteiger partial charge < -0.3 is 0 Å². The van der Waals surface area contributed by atoms with E-state index in [1.54, 1.807) is 0 Å². The second kappa shape index (κ2) is 4.34. The average molecular weight is 306 g/mol. The monoisotopic (exact) mass is 304 g/mol. The Balaban J connectivity index is 2.25. The van der Waals surface area contributed by atoms with E-state index in [1.807, 2.05) is 18.7 Å². The highest BCUT2D eigenvalue weighted by Crippen LogP contribution is 2.48. The van der Waals surface area contributed by atoms with Crippen molar-refractivity contribution in [1.82, 2.24) is 9.78 Å². The Bertz CT molecular complexity index is 398. The zero-order valence-electron chi connectivity index (χ0n) is 10.1. The molecule has 0 radical (unpaired) electrons. The molecule has 0 amide bonds. The molecular formula is C12H18BrClN2. The first-order valence-corrected chi connectivity index (χ1v) is 7.22. The van der Waals surface area contributed by atoms with Gasteiger partial charge in [0.05, 0.1) is 16.4 Å². The van der Waals surface area contributed by atoms with Gasteiger partial charge in [-0.1, -0.05) is 34.5 Å². The van der Waals surface area contributed by atoms with Gasteiger partial charge in [0.1, 0.15) is 0 Å². The molecule has 0 N–H and O–H groups in total. The van der Waals surface area contributed by atoms with E-state index in [0.717, 1.165) is 28.4 Å². The summed E-state index contributed by atoms with van der Waals surface area (Å²) in [7, 11) is 1.98. The largest absolute Gasteiger partial charge is 0.271 e. The SMILES string of the molecule is Cc1nn(C)c(CC(C)(CBr)C2CC2)c1Cl. The van der Waals surface area contributed by atoms with E-state index in [-0.39, 0.29) is 0 Å². The second-order valence-electron chi connectivity index (χ2n) is 5.21. The predicted molar refractivity (Wildman–Crippen MR) is 71.3 cm³/mol. The van der Waals surface area contributed by atoms with Crippen LogP contribution in [0, 0.1) is 18.3 Å². The molecule has 0 aliphatic heterocycles. The molecule has 2 nitrogen and oxygen atoms in total. The Morgan fingerprint density at radius 2 is 2.19 bits per heavy atom. The summed E-state index contributed by atoms with van der Waals surface area (Å²) in [5, 5.41) is 6.25. The number of aromatic nitrogens is 2. The molecule has 1 saturated carbocycles. The van der Waals surface area contributed by atoms with Crippen LogP contribution in [-0.4, -0.2) is 15.1 Å². The van der Waals surface area contributed by atoms with E-state index in [9.17, 15) is 0 Å². The van der Waals surface area contributed by atoms with Crippen molar-refractivity contribution in [3.8, 4) is 0 Å². The molecule has 1 aliphatic carbocycles. The number of alkyl halides is 1. The maximum absolute atomic E-state index is 6.30. The average Bonchev–Trinajstić information content (AvgIpc) is 3.05. The normalized spacial score (nSPS) is 19.8. The lowest BCUT2D eigenvalue weighted by Crippen LogP contribution is -2.25. The summed E-state index contributed by atoms with van der Waals surface area (Å²) in [6.07, 6.45) is 3.73. The molecule has 1 fully saturated rings. The number of rotatable bonds is 4. The standard InChI is InChI=1S/C12H18BrClN2/c1-8-11(14)10(16(3)15-8)6-12(2,7-13)9-4-5-9/h9H,4-7H2,1-3H3. The molecule has 1 heterocycles. The lowest BCUT2D eigenvalue weighted by molar-refractivity contribution is 0.311. The minimum absolute atomic E-state index is 0.323. The van der Waals surface area contributed by atoms with Gasteiger partial charge in [-0.05, 0) is 37.5 Å². The van der Waals surface area contributed by atoms with E-state index < -0.39 is 0 Å². The van der Waals surface area contributed by atoms with Crippen molar-refractivity contribution in [2.24, 2.45) is 18.4 Å². The number of halogens is 2. The molecule has 0 spiro atoms. The van der Waals surface area contributed by atoms with Gasteiger partial charge in [-0.15, -0.1) is 0 Å². The number of nitrogens with zero attached hydrogens (tertiary/aromatic N) is 2. The summed E-state index contributed by atoms with van der Waals surface area (Å²) in [4.78, 5) is 0. The van der Waals surface area contributed by atoms with E-state index >= 15 is 0 Å². The zero-order chi connectivity index (χ0) is 11.9. The highest BCUT2D eigenvalue weighted by molar-refractivity contribution is 9.09. The summed E-state index contributed by atoms with van der Waals surface area (Å²) in [6.45, 7) is 4.31. The smallest absolute Gasteiger partial charge is 0.0847 e. The highest BCUT2D eigenvalue weighted by atomic mass is 79.9. The summed E-state index contributed by atoms with van der Waals surface area (Å²) in [5.41, 5.74) is 2.43. The fourth-order valence-electron chi connectivity index (χ4n) is 2.34. The lowest BCUT2D eigenvalue weighted by Gasteiger charge is -2.27. The van der Waals surface area contributed by atoms with Crippen molar-refractivity contribution in [3.63, 3.8) is 0 Å². The van der Waals surface area contributed by atoms with Crippen LogP contribution >= 0.6 is 27.5 Å². The topological polar surface area (TPSA) is 17.8 Å². The van der Waals surface area contributed by atoms with Gasteiger partial charge in [0.2, 0.25) is 0 Å². The summed E-state index contributed by atoms with van der Waals surface area (Å²) in [6, 6.07) is 0. The Kier molecular flexibility index (Phi) is 3.37. The first-order chi connectivity index (χ1) is 7.48. The first-order valence-electron chi connectivity index (χ1n) is 5.72. The number of hydrogen-bond donors (Lipinski definition) is 0. The Labute approximate surface area is 110 Å². The Morgan fingerprint density at radius 1 is 1.56 bits per heavy atom. The van der Waals surface area contributed by atoms with Crippen molar-refractivity contribution in [1.29, 1.82) is 0 Å². The first kappa shape index (κ1) is 12.4. The predicted octanol–water partition coefficient (Wildman–Crippen LogP) is 3.74. The molecule has 1 atom stereocenters. The lowest BCUT2D eigenvalue weighted by atomic mass is 9.82. The molecule has 1 aromatic rings. The molecule has 1 unspecified atom stereocenters. The van der Waals surface area contributed by atoms with Crippen LogP contribution in [0.4, 0.5) is 0 Å². The van der Waals surface area contributed by atoms with Gasteiger partial charge in [-0.3, -0.25) is 4.68 Å².